The smallest absolute Gasteiger partial charge is 0.111 e. The number of nitrogens with one attached hydrogen (secondary N) is 1. The van der Waals surface area contributed by atoms with Gasteiger partial charge in [-0.25, -0.2) is 0 Å². The Morgan fingerprint density at radius 2 is 2.00 bits per heavy atom. The van der Waals surface area contributed by atoms with Gasteiger partial charge in [0, 0.05) is 0 Å². The molecule has 1 aliphatic rings. The number of hydrogen-bond acceptors (Lipinski definition) is 2. The second-order valence-corrected chi connectivity index (χ2v) is 3.92. The molecule has 0 bridgehead atoms. The number of hydrogen-bond donors (Lipinski definition) is 3. The molecule has 0 aliphatic heterocycles. The van der Waals surface area contributed by atoms with Gasteiger partial charge >= 0.3 is 0 Å². The zero-order valence-electron chi connectivity index (χ0n) is 7.77. The summed E-state index contributed by atoms with van der Waals surface area (Å²) in [6, 6.07) is 0. The molecule has 0 aromatic carbocycles. The fourth-order valence-corrected chi connectivity index (χ4v) is 1.87. The third kappa shape index (κ3) is 1.78. The third-order valence-electron chi connectivity index (χ3n) is 3.11. The zero-order chi connectivity index (χ0) is 9.19. The number of nitrogens with two attached hydrogens (primary N) is 2. The highest BCUT2D eigenvalue weighted by molar-refractivity contribution is 5.87. The molecule has 0 radical (unpaired) electrons. The van der Waals surface area contributed by atoms with Crippen molar-refractivity contribution < 1.29 is 0 Å². The molecule has 12 heavy (non-hydrogen) atoms. The Morgan fingerprint density at radius 3 is 2.33 bits per heavy atom. The molecule has 0 amide bonds. The van der Waals surface area contributed by atoms with E-state index in [4.69, 9.17) is 16.9 Å². The van der Waals surface area contributed by atoms with Crippen LogP contribution in [0.5, 0.6) is 0 Å². The minimum Gasteiger partial charge on any atom is -0.386 e. The van der Waals surface area contributed by atoms with E-state index in [1.807, 2.05) is 0 Å². The Hall–Kier alpha value is -0.570. The Labute approximate surface area is 74.0 Å². The highest BCUT2D eigenvalue weighted by Crippen LogP contribution is 2.31. The lowest BCUT2D eigenvalue weighted by atomic mass is 9.75. The maximum atomic E-state index is 7.36. The summed E-state index contributed by atoms with van der Waals surface area (Å²) in [6.45, 7) is 2.21. The highest BCUT2D eigenvalue weighted by Gasteiger charge is 2.33. The van der Waals surface area contributed by atoms with Crippen LogP contribution in [0.25, 0.3) is 0 Å². The maximum Gasteiger partial charge on any atom is 0.111 e. The summed E-state index contributed by atoms with van der Waals surface area (Å²) in [5.74, 6) is 0.970. The fraction of sp³-hybridized carbons (Fsp3) is 0.889. The van der Waals surface area contributed by atoms with Gasteiger partial charge in [0.2, 0.25) is 0 Å². The lowest BCUT2D eigenvalue weighted by Crippen LogP contribution is -2.53. The molecule has 5 N–H and O–H groups in total. The van der Waals surface area contributed by atoms with E-state index in [1.54, 1.807) is 0 Å². The second-order valence-electron chi connectivity index (χ2n) is 3.92. The number of amidine groups is 1. The van der Waals surface area contributed by atoms with E-state index < -0.39 is 5.54 Å². The van der Waals surface area contributed by atoms with E-state index in [-0.39, 0.29) is 5.84 Å². The van der Waals surface area contributed by atoms with Crippen LogP contribution in [0.1, 0.15) is 39.0 Å². The van der Waals surface area contributed by atoms with Crippen LogP contribution in [0, 0.1) is 11.3 Å². The van der Waals surface area contributed by atoms with Crippen molar-refractivity contribution in [1.82, 2.24) is 0 Å². The molecule has 3 nitrogen and oxygen atoms in total. The average Bonchev–Trinajstić information content (AvgIpc) is 2.06. The molecule has 1 fully saturated rings. The largest absolute Gasteiger partial charge is 0.386 e. The molecule has 1 aliphatic carbocycles. The number of rotatable bonds is 2. The van der Waals surface area contributed by atoms with Crippen molar-refractivity contribution in [2.45, 2.75) is 44.6 Å². The topological polar surface area (TPSA) is 75.9 Å². The molecule has 0 heterocycles. The van der Waals surface area contributed by atoms with Crippen LogP contribution in [0.2, 0.25) is 0 Å². The Kier molecular flexibility index (Phi) is 2.73. The SMILES string of the molecule is CCC1CCC(N)(C(=N)N)CC1. The third-order valence-corrected chi connectivity index (χ3v) is 3.11. The van der Waals surface area contributed by atoms with Gasteiger partial charge in [0.1, 0.15) is 5.84 Å². The van der Waals surface area contributed by atoms with Gasteiger partial charge < -0.3 is 11.5 Å². The van der Waals surface area contributed by atoms with Gasteiger partial charge in [0.15, 0.2) is 0 Å². The minimum atomic E-state index is -0.480. The van der Waals surface area contributed by atoms with Crippen molar-refractivity contribution in [1.29, 1.82) is 5.41 Å². The summed E-state index contributed by atoms with van der Waals surface area (Å²) in [6.07, 6.45) is 5.27. The van der Waals surface area contributed by atoms with E-state index in [0.29, 0.717) is 0 Å². The van der Waals surface area contributed by atoms with Gasteiger partial charge in [-0.15, -0.1) is 0 Å². The average molecular weight is 169 g/mol. The zero-order valence-corrected chi connectivity index (χ0v) is 7.77. The van der Waals surface area contributed by atoms with Crippen LogP contribution < -0.4 is 11.5 Å². The normalized spacial score (nSPS) is 36.3. The van der Waals surface area contributed by atoms with Crippen LogP contribution in [-0.2, 0) is 0 Å². The van der Waals surface area contributed by atoms with Crippen molar-refractivity contribution in [2.75, 3.05) is 0 Å². The van der Waals surface area contributed by atoms with Gasteiger partial charge in [-0.1, -0.05) is 13.3 Å². The molecular weight excluding hydrogens is 150 g/mol. The van der Waals surface area contributed by atoms with Gasteiger partial charge in [-0.05, 0) is 31.6 Å². The second kappa shape index (κ2) is 3.44. The Morgan fingerprint density at radius 1 is 1.50 bits per heavy atom. The van der Waals surface area contributed by atoms with Gasteiger partial charge in [-0.3, -0.25) is 5.41 Å². The summed E-state index contributed by atoms with van der Waals surface area (Å²) >= 11 is 0. The predicted octanol–water partition coefficient (Wildman–Crippen LogP) is 1.22. The summed E-state index contributed by atoms with van der Waals surface area (Å²) in [5.41, 5.74) is 10.9. The predicted molar refractivity (Wildman–Crippen MR) is 51.1 cm³/mol. The van der Waals surface area contributed by atoms with E-state index in [2.05, 4.69) is 6.92 Å². The minimum absolute atomic E-state index is 0.164. The molecule has 1 rings (SSSR count). The maximum absolute atomic E-state index is 7.36. The summed E-state index contributed by atoms with van der Waals surface area (Å²) in [5, 5.41) is 7.36. The van der Waals surface area contributed by atoms with Gasteiger partial charge in [0.25, 0.3) is 0 Å². The van der Waals surface area contributed by atoms with Crippen LogP contribution >= 0.6 is 0 Å². The van der Waals surface area contributed by atoms with Crippen molar-refractivity contribution in [3.8, 4) is 0 Å². The van der Waals surface area contributed by atoms with Crippen molar-refractivity contribution >= 4 is 5.84 Å². The molecule has 3 heteroatoms. The van der Waals surface area contributed by atoms with Gasteiger partial charge in [0.05, 0.1) is 5.54 Å². The molecule has 0 spiro atoms. The summed E-state index contributed by atoms with van der Waals surface area (Å²) < 4.78 is 0. The molecule has 0 atom stereocenters. The standard InChI is InChI=1S/C9H19N3/c1-2-7-3-5-9(12,6-4-7)8(10)11/h7H,2-6,12H2,1H3,(H3,10,11). The first-order chi connectivity index (χ1) is 5.58. The Balaban J connectivity index is 2.49. The lowest BCUT2D eigenvalue weighted by molar-refractivity contribution is 0.282. The lowest BCUT2D eigenvalue weighted by Gasteiger charge is -2.35. The highest BCUT2D eigenvalue weighted by atomic mass is 14.9. The monoisotopic (exact) mass is 169 g/mol. The first kappa shape index (κ1) is 9.52. The summed E-state index contributed by atoms with van der Waals surface area (Å²) in [7, 11) is 0. The van der Waals surface area contributed by atoms with E-state index in [1.165, 1.54) is 6.42 Å². The molecular formula is C9H19N3. The molecule has 0 aromatic heterocycles. The van der Waals surface area contributed by atoms with Crippen LogP contribution in [0.3, 0.4) is 0 Å². The van der Waals surface area contributed by atoms with Crippen molar-refractivity contribution in [3.05, 3.63) is 0 Å². The van der Waals surface area contributed by atoms with Crippen LogP contribution in [0.15, 0.2) is 0 Å². The van der Waals surface area contributed by atoms with Gasteiger partial charge in [-0.2, -0.15) is 0 Å². The quantitative estimate of drug-likeness (QED) is 0.429. The fourth-order valence-electron chi connectivity index (χ4n) is 1.87. The van der Waals surface area contributed by atoms with Crippen molar-refractivity contribution in [2.24, 2.45) is 17.4 Å². The molecule has 0 saturated heterocycles. The van der Waals surface area contributed by atoms with E-state index in [9.17, 15) is 0 Å². The Bertz CT molecular complexity index is 169. The molecule has 0 unspecified atom stereocenters. The van der Waals surface area contributed by atoms with Crippen LogP contribution in [-0.4, -0.2) is 11.4 Å². The summed E-state index contributed by atoms with van der Waals surface area (Å²) in [4.78, 5) is 0. The molecule has 0 aromatic rings. The molecule has 1 saturated carbocycles. The first-order valence-corrected chi connectivity index (χ1v) is 4.72. The van der Waals surface area contributed by atoms with E-state index >= 15 is 0 Å². The van der Waals surface area contributed by atoms with Crippen LogP contribution in [0.4, 0.5) is 0 Å². The first-order valence-electron chi connectivity index (χ1n) is 4.72. The van der Waals surface area contributed by atoms with Crippen molar-refractivity contribution in [3.63, 3.8) is 0 Å². The molecule has 70 valence electrons. The van der Waals surface area contributed by atoms with E-state index in [0.717, 1.165) is 31.6 Å².